The van der Waals surface area contributed by atoms with Gasteiger partial charge in [-0.3, -0.25) is 4.79 Å². The molecular formula is C17H18N2O2. The number of hydrogen-bond acceptors (Lipinski definition) is 3. The van der Waals surface area contributed by atoms with E-state index in [-0.39, 0.29) is 12.1 Å². The molecule has 1 aliphatic heterocycles. The molecule has 0 radical (unpaired) electrons. The number of carbonyl (C=O) groups excluding carboxylic acids is 1. The zero-order chi connectivity index (χ0) is 15.0. The largest absolute Gasteiger partial charge is 0.370 e. The lowest BCUT2D eigenvalue weighted by Gasteiger charge is -2.27. The molecule has 108 valence electrons. The summed E-state index contributed by atoms with van der Waals surface area (Å²) >= 11 is 0. The van der Waals surface area contributed by atoms with Crippen LogP contribution in [0.25, 0.3) is 11.1 Å². The Labute approximate surface area is 124 Å². The number of likely N-dealkylation sites (N-methyl/N-ethyl adjacent to an activating group) is 2. The van der Waals surface area contributed by atoms with Crippen LogP contribution in [0.5, 0.6) is 0 Å². The molecule has 1 saturated heterocycles. The van der Waals surface area contributed by atoms with Crippen LogP contribution in [0.1, 0.15) is 11.7 Å². The van der Waals surface area contributed by atoms with Crippen molar-refractivity contribution in [2.45, 2.75) is 12.4 Å². The summed E-state index contributed by atoms with van der Waals surface area (Å²) in [5.74, 6) is -0.273. The number of carbonyl (C=O) groups is 1. The topological polar surface area (TPSA) is 43.8 Å². The van der Waals surface area contributed by atoms with Gasteiger partial charge >= 0.3 is 0 Å². The van der Waals surface area contributed by atoms with Gasteiger partial charge in [-0.05, 0) is 23.7 Å². The van der Waals surface area contributed by atoms with Crippen molar-refractivity contribution in [2.24, 2.45) is 0 Å². The smallest absolute Gasteiger partial charge is 0.268 e. The number of rotatable bonds is 2. The summed E-state index contributed by atoms with van der Waals surface area (Å²) < 4.78 is 0. The second-order valence-electron chi connectivity index (χ2n) is 5.32. The second-order valence-corrected chi connectivity index (χ2v) is 5.32. The van der Waals surface area contributed by atoms with Gasteiger partial charge in [-0.2, -0.15) is 0 Å². The van der Waals surface area contributed by atoms with Crippen molar-refractivity contribution < 1.29 is 9.90 Å². The van der Waals surface area contributed by atoms with Gasteiger partial charge in [0.15, 0.2) is 6.23 Å². The van der Waals surface area contributed by atoms with Crippen molar-refractivity contribution in [3.8, 4) is 11.1 Å². The highest BCUT2D eigenvalue weighted by Gasteiger charge is 2.42. The predicted octanol–water partition coefficient (Wildman–Crippen LogP) is 2.07. The number of benzene rings is 2. The van der Waals surface area contributed by atoms with Crippen molar-refractivity contribution in [3.63, 3.8) is 0 Å². The fraction of sp³-hybridized carbons (Fsp3) is 0.235. The molecule has 0 spiro atoms. The molecule has 1 fully saturated rings. The minimum atomic E-state index is -1.08. The first-order valence-corrected chi connectivity index (χ1v) is 6.92. The Kier molecular flexibility index (Phi) is 3.49. The Bertz CT molecular complexity index is 657. The van der Waals surface area contributed by atoms with Crippen LogP contribution in [0, 0.1) is 0 Å². The second kappa shape index (κ2) is 5.31. The molecule has 2 atom stereocenters. The maximum atomic E-state index is 12.0. The van der Waals surface area contributed by atoms with Crippen LogP contribution in [0.2, 0.25) is 0 Å². The molecule has 0 aliphatic carbocycles. The molecule has 2 aromatic rings. The fourth-order valence-electron chi connectivity index (χ4n) is 2.91. The molecule has 0 saturated carbocycles. The minimum Gasteiger partial charge on any atom is -0.370 e. The van der Waals surface area contributed by atoms with Crippen molar-refractivity contribution in [1.29, 1.82) is 0 Å². The molecule has 1 heterocycles. The summed E-state index contributed by atoms with van der Waals surface area (Å²) in [6.07, 6.45) is -1.34. The highest BCUT2D eigenvalue weighted by molar-refractivity contribution is 5.83. The van der Waals surface area contributed by atoms with E-state index in [9.17, 15) is 9.90 Å². The number of aliphatic hydroxyl groups excluding tert-OH is 1. The summed E-state index contributed by atoms with van der Waals surface area (Å²) in [5, 5.41) is 9.96. The van der Waals surface area contributed by atoms with Gasteiger partial charge in [0.1, 0.15) is 6.17 Å². The van der Waals surface area contributed by atoms with E-state index < -0.39 is 6.23 Å². The SMILES string of the molecule is CN1C(=O)C(O)N(C)C1c1ccccc1-c1ccccc1. The molecule has 3 rings (SSSR count). The maximum absolute atomic E-state index is 12.0. The predicted molar refractivity (Wildman–Crippen MR) is 81.2 cm³/mol. The third-order valence-electron chi connectivity index (χ3n) is 4.03. The fourth-order valence-corrected chi connectivity index (χ4v) is 2.91. The molecule has 0 bridgehead atoms. The number of aliphatic hydroxyl groups is 1. The van der Waals surface area contributed by atoms with Crippen LogP contribution in [0.4, 0.5) is 0 Å². The summed E-state index contributed by atoms with van der Waals surface area (Å²) in [6.45, 7) is 0. The number of nitrogens with zero attached hydrogens (tertiary/aromatic N) is 2. The molecule has 4 heteroatoms. The molecule has 2 aromatic carbocycles. The standard InChI is InChI=1S/C17H18N2O2/c1-18-15(19(2)17(21)16(18)20)14-11-7-6-10-13(14)12-8-4-3-5-9-12/h3-11,15-16,20H,1-2H3. The Morgan fingerprint density at radius 2 is 1.57 bits per heavy atom. The Morgan fingerprint density at radius 1 is 0.952 bits per heavy atom. The van der Waals surface area contributed by atoms with Crippen molar-refractivity contribution in [3.05, 3.63) is 60.2 Å². The molecule has 1 amide bonds. The van der Waals surface area contributed by atoms with Crippen LogP contribution in [0.3, 0.4) is 0 Å². The van der Waals surface area contributed by atoms with Crippen LogP contribution < -0.4 is 0 Å². The van der Waals surface area contributed by atoms with Gasteiger partial charge < -0.3 is 10.0 Å². The Morgan fingerprint density at radius 3 is 2.19 bits per heavy atom. The van der Waals surface area contributed by atoms with E-state index in [0.717, 1.165) is 16.7 Å². The summed E-state index contributed by atoms with van der Waals surface area (Å²) in [4.78, 5) is 15.3. The van der Waals surface area contributed by atoms with E-state index in [1.54, 1.807) is 23.9 Å². The van der Waals surface area contributed by atoms with E-state index >= 15 is 0 Å². The van der Waals surface area contributed by atoms with E-state index in [1.807, 2.05) is 54.6 Å². The van der Waals surface area contributed by atoms with Crippen molar-refractivity contribution >= 4 is 5.91 Å². The number of hydrogen-bond donors (Lipinski definition) is 1. The van der Waals surface area contributed by atoms with Crippen LogP contribution >= 0.6 is 0 Å². The first-order chi connectivity index (χ1) is 10.1. The van der Waals surface area contributed by atoms with Crippen LogP contribution in [0.15, 0.2) is 54.6 Å². The molecule has 0 aromatic heterocycles. The van der Waals surface area contributed by atoms with Gasteiger partial charge in [0.05, 0.1) is 0 Å². The highest BCUT2D eigenvalue weighted by Crippen LogP contribution is 2.36. The van der Waals surface area contributed by atoms with Gasteiger partial charge in [-0.1, -0.05) is 54.6 Å². The Balaban J connectivity index is 2.10. The first-order valence-electron chi connectivity index (χ1n) is 6.92. The monoisotopic (exact) mass is 282 g/mol. The summed E-state index contributed by atoms with van der Waals surface area (Å²) in [6, 6.07) is 18.1. The van der Waals surface area contributed by atoms with E-state index in [0.29, 0.717) is 0 Å². The molecule has 2 unspecified atom stereocenters. The molecular weight excluding hydrogens is 264 g/mol. The lowest BCUT2D eigenvalue weighted by atomic mass is 9.97. The molecule has 1 aliphatic rings. The normalized spacial score (nSPS) is 22.8. The van der Waals surface area contributed by atoms with Crippen molar-refractivity contribution in [1.82, 2.24) is 9.80 Å². The average molecular weight is 282 g/mol. The third kappa shape index (κ3) is 2.22. The maximum Gasteiger partial charge on any atom is 0.268 e. The van der Waals surface area contributed by atoms with Crippen LogP contribution in [-0.2, 0) is 4.79 Å². The lowest BCUT2D eigenvalue weighted by molar-refractivity contribution is -0.135. The minimum absolute atomic E-state index is 0.260. The zero-order valence-electron chi connectivity index (χ0n) is 12.1. The van der Waals surface area contributed by atoms with E-state index in [1.165, 1.54) is 0 Å². The quantitative estimate of drug-likeness (QED) is 0.917. The van der Waals surface area contributed by atoms with Gasteiger partial charge in [0, 0.05) is 7.05 Å². The van der Waals surface area contributed by atoms with Gasteiger partial charge in [0.2, 0.25) is 0 Å². The highest BCUT2D eigenvalue weighted by atomic mass is 16.3. The summed E-state index contributed by atoms with van der Waals surface area (Å²) in [7, 11) is 3.49. The lowest BCUT2D eigenvalue weighted by Crippen LogP contribution is -2.30. The van der Waals surface area contributed by atoms with Gasteiger partial charge in [-0.25, -0.2) is 4.90 Å². The summed E-state index contributed by atoms with van der Waals surface area (Å²) in [5.41, 5.74) is 3.19. The van der Waals surface area contributed by atoms with Crippen LogP contribution in [-0.4, -0.2) is 41.1 Å². The van der Waals surface area contributed by atoms with Gasteiger partial charge in [0.25, 0.3) is 5.91 Å². The van der Waals surface area contributed by atoms with Crippen molar-refractivity contribution in [2.75, 3.05) is 14.1 Å². The molecule has 1 N–H and O–H groups in total. The zero-order valence-corrected chi connectivity index (χ0v) is 12.1. The molecule has 4 nitrogen and oxygen atoms in total. The average Bonchev–Trinajstić information content (AvgIpc) is 2.72. The third-order valence-corrected chi connectivity index (χ3v) is 4.03. The Hall–Kier alpha value is -2.17. The molecule has 21 heavy (non-hydrogen) atoms. The first kappa shape index (κ1) is 13.8. The van der Waals surface area contributed by atoms with Gasteiger partial charge in [-0.15, -0.1) is 0 Å². The van der Waals surface area contributed by atoms with E-state index in [2.05, 4.69) is 0 Å². The van der Waals surface area contributed by atoms with E-state index in [4.69, 9.17) is 0 Å². The number of amides is 1.